The van der Waals surface area contributed by atoms with Gasteiger partial charge in [-0.15, -0.1) is 0 Å². The number of aromatic nitrogens is 1. The van der Waals surface area contributed by atoms with Crippen LogP contribution in [0.3, 0.4) is 0 Å². The summed E-state index contributed by atoms with van der Waals surface area (Å²) in [5, 5.41) is 4.08. The molecule has 1 saturated heterocycles. The second-order valence-electron chi connectivity index (χ2n) is 4.70. The highest BCUT2D eigenvalue weighted by molar-refractivity contribution is 9.10. The van der Waals surface area contributed by atoms with Crippen molar-refractivity contribution in [3.05, 3.63) is 40.5 Å². The topological polar surface area (TPSA) is 44.5 Å². The molecule has 1 fully saturated rings. The van der Waals surface area contributed by atoms with Gasteiger partial charge in [0.25, 0.3) is 0 Å². The highest BCUT2D eigenvalue weighted by Crippen LogP contribution is 2.27. The molecule has 1 aliphatic rings. The summed E-state index contributed by atoms with van der Waals surface area (Å²) in [7, 11) is 0. The summed E-state index contributed by atoms with van der Waals surface area (Å²) in [6, 6.07) is 9.85. The van der Waals surface area contributed by atoms with Crippen LogP contribution in [0.15, 0.2) is 39.3 Å². The van der Waals surface area contributed by atoms with Crippen molar-refractivity contribution in [1.29, 1.82) is 0 Å². The van der Waals surface area contributed by atoms with Crippen LogP contribution in [-0.2, 0) is 15.9 Å². The average molecular weight is 324 g/mol. The Hall–Kier alpha value is -1.17. The Morgan fingerprint density at radius 1 is 1.21 bits per heavy atom. The van der Waals surface area contributed by atoms with Gasteiger partial charge in [0.2, 0.25) is 0 Å². The van der Waals surface area contributed by atoms with E-state index >= 15 is 0 Å². The molecule has 0 radical (unpaired) electrons. The molecule has 19 heavy (non-hydrogen) atoms. The number of ether oxygens (including phenoxy) is 2. The maximum absolute atomic E-state index is 5.56. The Kier molecular flexibility index (Phi) is 3.43. The zero-order valence-electron chi connectivity index (χ0n) is 10.6. The van der Waals surface area contributed by atoms with Crippen LogP contribution >= 0.6 is 15.9 Å². The Balaban J connectivity index is 1.77. The van der Waals surface area contributed by atoms with Crippen molar-refractivity contribution in [1.82, 2.24) is 5.16 Å². The molecule has 0 unspecified atom stereocenters. The van der Waals surface area contributed by atoms with Gasteiger partial charge in [0, 0.05) is 22.5 Å². The lowest BCUT2D eigenvalue weighted by Gasteiger charge is -2.20. The summed E-state index contributed by atoms with van der Waals surface area (Å²) in [4.78, 5) is 0. The second kappa shape index (κ2) is 5.07. The first-order chi connectivity index (χ1) is 9.15. The van der Waals surface area contributed by atoms with E-state index in [2.05, 4.69) is 21.1 Å². The summed E-state index contributed by atoms with van der Waals surface area (Å²) >= 11 is 3.41. The minimum atomic E-state index is -0.576. The number of hydrogen-bond donors (Lipinski definition) is 0. The monoisotopic (exact) mass is 323 g/mol. The van der Waals surface area contributed by atoms with Crippen molar-refractivity contribution in [2.24, 2.45) is 0 Å². The van der Waals surface area contributed by atoms with Crippen LogP contribution < -0.4 is 0 Å². The van der Waals surface area contributed by atoms with Crippen LogP contribution in [0, 0.1) is 0 Å². The van der Waals surface area contributed by atoms with Crippen LogP contribution in [0.25, 0.3) is 11.3 Å². The number of nitrogens with zero attached hydrogens (tertiary/aromatic N) is 1. The van der Waals surface area contributed by atoms with Gasteiger partial charge in [-0.25, -0.2) is 0 Å². The fourth-order valence-electron chi connectivity index (χ4n) is 2.13. The predicted octanol–water partition coefficient (Wildman–Crippen LogP) is 3.41. The quantitative estimate of drug-likeness (QED) is 0.868. The molecule has 1 aliphatic heterocycles. The minimum absolute atomic E-state index is 0.576. The first-order valence-electron chi connectivity index (χ1n) is 6.14. The lowest BCUT2D eigenvalue weighted by Crippen LogP contribution is -2.28. The second-order valence-corrected chi connectivity index (χ2v) is 5.61. The van der Waals surface area contributed by atoms with Crippen molar-refractivity contribution in [2.45, 2.75) is 19.1 Å². The van der Waals surface area contributed by atoms with Gasteiger partial charge in [0.05, 0.1) is 18.9 Å². The third-order valence-electron chi connectivity index (χ3n) is 3.09. The van der Waals surface area contributed by atoms with Gasteiger partial charge < -0.3 is 14.0 Å². The zero-order valence-corrected chi connectivity index (χ0v) is 12.1. The summed E-state index contributed by atoms with van der Waals surface area (Å²) < 4.78 is 17.5. The van der Waals surface area contributed by atoms with Gasteiger partial charge >= 0.3 is 0 Å². The van der Waals surface area contributed by atoms with E-state index in [1.165, 1.54) is 0 Å². The molecule has 0 spiro atoms. The molecule has 1 aromatic carbocycles. The fraction of sp³-hybridized carbons (Fsp3) is 0.357. The average Bonchev–Trinajstić information content (AvgIpc) is 3.00. The molecule has 5 heteroatoms. The maximum atomic E-state index is 5.56. The van der Waals surface area contributed by atoms with Crippen LogP contribution in [0.1, 0.15) is 12.6 Å². The summed E-state index contributed by atoms with van der Waals surface area (Å²) in [6.07, 6.45) is 0.590. The molecule has 1 aromatic heterocycles. The Labute approximate surface area is 119 Å². The number of halogens is 1. The normalized spacial score (nSPS) is 17.8. The van der Waals surface area contributed by atoms with Crippen molar-refractivity contribution in [2.75, 3.05) is 13.2 Å². The van der Waals surface area contributed by atoms with Crippen molar-refractivity contribution in [3.63, 3.8) is 0 Å². The van der Waals surface area contributed by atoms with E-state index in [4.69, 9.17) is 14.0 Å². The molecule has 0 N–H and O–H groups in total. The van der Waals surface area contributed by atoms with E-state index in [0.717, 1.165) is 21.5 Å². The molecule has 2 aromatic rings. The highest BCUT2D eigenvalue weighted by Gasteiger charge is 2.32. The van der Waals surface area contributed by atoms with Crippen molar-refractivity contribution in [3.8, 4) is 11.3 Å². The summed E-state index contributed by atoms with van der Waals surface area (Å²) in [5.41, 5.74) is 1.84. The van der Waals surface area contributed by atoms with Gasteiger partial charge in [0.15, 0.2) is 11.5 Å². The minimum Gasteiger partial charge on any atom is -0.356 e. The van der Waals surface area contributed by atoms with Gasteiger partial charge in [-0.05, 0) is 19.1 Å². The summed E-state index contributed by atoms with van der Waals surface area (Å²) in [5.74, 6) is 0.178. The predicted molar refractivity (Wildman–Crippen MR) is 73.7 cm³/mol. The molecule has 4 nitrogen and oxygen atoms in total. The molecular weight excluding hydrogens is 310 g/mol. The largest absolute Gasteiger partial charge is 0.356 e. The molecule has 0 bridgehead atoms. The van der Waals surface area contributed by atoms with Crippen molar-refractivity contribution < 1.29 is 14.0 Å². The fourth-order valence-corrected chi connectivity index (χ4v) is 2.40. The number of rotatable bonds is 3. The Morgan fingerprint density at radius 3 is 2.58 bits per heavy atom. The number of benzene rings is 1. The summed E-state index contributed by atoms with van der Waals surface area (Å²) in [6.45, 7) is 3.19. The third-order valence-corrected chi connectivity index (χ3v) is 3.62. The van der Waals surface area contributed by atoms with E-state index in [-0.39, 0.29) is 0 Å². The molecular formula is C14H14BrNO3. The van der Waals surface area contributed by atoms with Gasteiger partial charge in [-0.3, -0.25) is 0 Å². The highest BCUT2D eigenvalue weighted by atomic mass is 79.9. The van der Waals surface area contributed by atoms with Crippen LogP contribution in [-0.4, -0.2) is 24.2 Å². The van der Waals surface area contributed by atoms with Crippen LogP contribution in [0.2, 0.25) is 0 Å². The molecule has 0 saturated carbocycles. The Morgan fingerprint density at radius 2 is 1.89 bits per heavy atom. The molecule has 2 heterocycles. The van der Waals surface area contributed by atoms with E-state index in [0.29, 0.717) is 19.6 Å². The zero-order chi connectivity index (χ0) is 13.3. The lowest BCUT2D eigenvalue weighted by molar-refractivity contribution is -0.141. The van der Waals surface area contributed by atoms with Crippen molar-refractivity contribution >= 4 is 15.9 Å². The first kappa shape index (κ1) is 12.8. The van der Waals surface area contributed by atoms with Gasteiger partial charge in [0.1, 0.15) is 0 Å². The molecule has 3 rings (SSSR count). The van der Waals surface area contributed by atoms with E-state index in [1.54, 1.807) is 0 Å². The standard InChI is InChI=1S/C14H14BrNO3/c1-14(17-6-7-18-14)9-12-8-13(19-16-12)10-2-4-11(15)5-3-10/h2-5,8H,6-7,9H2,1H3. The van der Waals surface area contributed by atoms with Gasteiger partial charge in [-0.2, -0.15) is 0 Å². The first-order valence-corrected chi connectivity index (χ1v) is 6.93. The maximum Gasteiger partial charge on any atom is 0.171 e. The van der Waals surface area contributed by atoms with Gasteiger partial charge in [-0.1, -0.05) is 33.2 Å². The Bertz CT molecular complexity index is 558. The smallest absolute Gasteiger partial charge is 0.171 e. The molecule has 0 atom stereocenters. The van der Waals surface area contributed by atoms with Crippen LogP contribution in [0.4, 0.5) is 0 Å². The third kappa shape index (κ3) is 2.88. The number of hydrogen-bond acceptors (Lipinski definition) is 4. The van der Waals surface area contributed by atoms with E-state index in [1.807, 2.05) is 37.3 Å². The lowest BCUT2D eigenvalue weighted by atomic mass is 10.1. The molecule has 0 amide bonds. The van der Waals surface area contributed by atoms with E-state index < -0.39 is 5.79 Å². The van der Waals surface area contributed by atoms with Crippen LogP contribution in [0.5, 0.6) is 0 Å². The SMILES string of the molecule is CC1(Cc2cc(-c3ccc(Br)cc3)on2)OCCO1. The molecule has 0 aliphatic carbocycles. The molecule has 100 valence electrons. The van der Waals surface area contributed by atoms with E-state index in [9.17, 15) is 0 Å².